The molecule has 0 bridgehead atoms. The molecule has 2 atom stereocenters. The highest BCUT2D eigenvalue weighted by atomic mass is 28.4. The maximum atomic E-state index is 11.1. The predicted octanol–water partition coefficient (Wildman–Crippen LogP) is 2.87. The summed E-state index contributed by atoms with van der Waals surface area (Å²) in [4.78, 5) is 11.1. The molecule has 1 saturated carbocycles. The van der Waals surface area contributed by atoms with Crippen LogP contribution in [-0.4, -0.2) is 20.7 Å². The van der Waals surface area contributed by atoms with E-state index in [1.807, 2.05) is 6.07 Å². The summed E-state index contributed by atoms with van der Waals surface area (Å²) in [7, 11) is -1.88. The highest BCUT2D eigenvalue weighted by Gasteiger charge is 2.33. The van der Waals surface area contributed by atoms with Crippen molar-refractivity contribution < 1.29 is 9.22 Å². The quantitative estimate of drug-likeness (QED) is 0.616. The molecule has 18 heavy (non-hydrogen) atoms. The molecule has 1 aliphatic rings. The summed E-state index contributed by atoms with van der Waals surface area (Å²) < 4.78 is 6.38. The van der Waals surface area contributed by atoms with Crippen molar-refractivity contribution in [2.75, 3.05) is 0 Å². The standard InChI is InChI=1S/C15H22O2Si/c1-18(2,14-9-4-3-5-10-14)17-15-11-7-6-8-13(15)12-16/h3-5,9-10,12-13,15H,6-8,11H2,1-2H3/t13-,15+/m1/s1. The van der Waals surface area contributed by atoms with Crippen LogP contribution in [0.15, 0.2) is 30.3 Å². The van der Waals surface area contributed by atoms with E-state index in [-0.39, 0.29) is 12.0 Å². The number of hydrogen-bond acceptors (Lipinski definition) is 2. The fraction of sp³-hybridized carbons (Fsp3) is 0.533. The Labute approximate surface area is 110 Å². The van der Waals surface area contributed by atoms with Crippen LogP contribution >= 0.6 is 0 Å². The van der Waals surface area contributed by atoms with Crippen LogP contribution in [0.5, 0.6) is 0 Å². The van der Waals surface area contributed by atoms with Crippen LogP contribution in [-0.2, 0) is 9.22 Å². The minimum Gasteiger partial charge on any atom is -0.409 e. The van der Waals surface area contributed by atoms with Crippen molar-refractivity contribution in [3.05, 3.63) is 30.3 Å². The molecule has 1 aliphatic carbocycles. The lowest BCUT2D eigenvalue weighted by molar-refractivity contribution is -0.115. The van der Waals surface area contributed by atoms with Crippen LogP contribution in [0.2, 0.25) is 13.1 Å². The summed E-state index contributed by atoms with van der Waals surface area (Å²) in [5.74, 6) is 0.106. The molecule has 1 aromatic rings. The minimum atomic E-state index is -1.88. The lowest BCUT2D eigenvalue weighted by atomic mass is 9.88. The SMILES string of the molecule is C[Si](C)(O[C@H]1CCCC[C@@H]1C=O)c1ccccc1. The highest BCUT2D eigenvalue weighted by Crippen LogP contribution is 2.27. The van der Waals surface area contributed by atoms with E-state index in [0.717, 1.165) is 25.5 Å². The number of benzene rings is 1. The molecule has 0 unspecified atom stereocenters. The van der Waals surface area contributed by atoms with Crippen LogP contribution in [0.25, 0.3) is 0 Å². The average Bonchev–Trinajstić information content (AvgIpc) is 2.40. The zero-order valence-electron chi connectivity index (χ0n) is 11.3. The number of carbonyl (C=O) groups excluding carboxylic acids is 1. The Hall–Kier alpha value is -0.933. The van der Waals surface area contributed by atoms with Crippen LogP contribution < -0.4 is 5.19 Å². The van der Waals surface area contributed by atoms with Gasteiger partial charge in [0.25, 0.3) is 0 Å². The molecule has 0 aromatic heterocycles. The van der Waals surface area contributed by atoms with E-state index in [4.69, 9.17) is 4.43 Å². The molecule has 0 amide bonds. The number of aldehydes is 1. The summed E-state index contributed by atoms with van der Waals surface area (Å²) >= 11 is 0. The molecule has 0 saturated heterocycles. The van der Waals surface area contributed by atoms with E-state index in [0.29, 0.717) is 0 Å². The van der Waals surface area contributed by atoms with Crippen LogP contribution in [0.1, 0.15) is 25.7 Å². The third kappa shape index (κ3) is 3.09. The highest BCUT2D eigenvalue weighted by molar-refractivity contribution is 6.84. The summed E-state index contributed by atoms with van der Waals surface area (Å²) in [6.45, 7) is 4.44. The molecule has 98 valence electrons. The van der Waals surface area contributed by atoms with Gasteiger partial charge in [-0.05, 0) is 31.1 Å². The van der Waals surface area contributed by atoms with Crippen molar-refractivity contribution in [3.8, 4) is 0 Å². The molecule has 0 aliphatic heterocycles. The van der Waals surface area contributed by atoms with Crippen molar-refractivity contribution in [1.82, 2.24) is 0 Å². The van der Waals surface area contributed by atoms with Crippen molar-refractivity contribution in [1.29, 1.82) is 0 Å². The molecular weight excluding hydrogens is 240 g/mol. The fourth-order valence-electron chi connectivity index (χ4n) is 2.71. The first kappa shape index (κ1) is 13.5. The van der Waals surface area contributed by atoms with E-state index in [1.165, 1.54) is 11.6 Å². The van der Waals surface area contributed by atoms with Crippen LogP contribution in [0.3, 0.4) is 0 Å². The molecular formula is C15H22O2Si. The maximum Gasteiger partial charge on any atom is 0.218 e. The molecule has 3 heteroatoms. The van der Waals surface area contributed by atoms with E-state index in [2.05, 4.69) is 37.4 Å². The maximum absolute atomic E-state index is 11.1. The van der Waals surface area contributed by atoms with Gasteiger partial charge in [0.05, 0.1) is 6.10 Å². The van der Waals surface area contributed by atoms with Gasteiger partial charge in [0.1, 0.15) is 6.29 Å². The largest absolute Gasteiger partial charge is 0.409 e. The molecule has 0 spiro atoms. The molecule has 1 aromatic carbocycles. The van der Waals surface area contributed by atoms with Gasteiger partial charge in [-0.2, -0.15) is 0 Å². The van der Waals surface area contributed by atoms with Gasteiger partial charge in [0, 0.05) is 5.92 Å². The average molecular weight is 262 g/mol. The van der Waals surface area contributed by atoms with Crippen molar-refractivity contribution >= 4 is 19.8 Å². The zero-order valence-corrected chi connectivity index (χ0v) is 12.3. The number of carbonyl (C=O) groups is 1. The van der Waals surface area contributed by atoms with E-state index >= 15 is 0 Å². The Kier molecular flexibility index (Phi) is 4.35. The van der Waals surface area contributed by atoms with Gasteiger partial charge >= 0.3 is 0 Å². The third-order valence-electron chi connectivity index (χ3n) is 3.84. The Morgan fingerprint density at radius 1 is 1.17 bits per heavy atom. The van der Waals surface area contributed by atoms with Gasteiger partial charge in [-0.15, -0.1) is 0 Å². The van der Waals surface area contributed by atoms with Gasteiger partial charge in [-0.25, -0.2) is 0 Å². The minimum absolute atomic E-state index is 0.106. The van der Waals surface area contributed by atoms with Crippen molar-refractivity contribution in [2.24, 2.45) is 5.92 Å². The van der Waals surface area contributed by atoms with Gasteiger partial charge in [-0.1, -0.05) is 43.2 Å². The van der Waals surface area contributed by atoms with Crippen LogP contribution in [0, 0.1) is 5.92 Å². The first-order chi connectivity index (χ1) is 8.63. The van der Waals surface area contributed by atoms with E-state index in [1.54, 1.807) is 0 Å². The molecule has 0 N–H and O–H groups in total. The Morgan fingerprint density at radius 3 is 2.50 bits per heavy atom. The molecule has 2 nitrogen and oxygen atoms in total. The van der Waals surface area contributed by atoms with E-state index < -0.39 is 8.32 Å². The van der Waals surface area contributed by atoms with Crippen molar-refractivity contribution in [2.45, 2.75) is 44.9 Å². The summed E-state index contributed by atoms with van der Waals surface area (Å²) in [5.41, 5.74) is 0. The Balaban J connectivity index is 2.09. The Bertz CT molecular complexity index is 389. The molecule has 0 heterocycles. The topological polar surface area (TPSA) is 26.3 Å². The smallest absolute Gasteiger partial charge is 0.218 e. The molecule has 1 fully saturated rings. The second kappa shape index (κ2) is 5.80. The molecule has 0 radical (unpaired) electrons. The summed E-state index contributed by atoms with van der Waals surface area (Å²) in [6.07, 6.45) is 5.61. The zero-order chi connectivity index (χ0) is 13.0. The lowest BCUT2D eigenvalue weighted by Gasteiger charge is -2.35. The monoisotopic (exact) mass is 262 g/mol. The predicted molar refractivity (Wildman–Crippen MR) is 76.5 cm³/mol. The third-order valence-corrected chi connectivity index (χ3v) is 6.46. The number of rotatable bonds is 4. The van der Waals surface area contributed by atoms with Gasteiger partial charge in [0.15, 0.2) is 0 Å². The summed E-state index contributed by atoms with van der Waals surface area (Å²) in [6, 6.07) is 10.4. The molecule has 2 rings (SSSR count). The summed E-state index contributed by atoms with van der Waals surface area (Å²) in [5, 5.41) is 1.31. The second-order valence-electron chi connectivity index (χ2n) is 5.62. The van der Waals surface area contributed by atoms with Gasteiger partial charge in [-0.3, -0.25) is 0 Å². The lowest BCUT2D eigenvalue weighted by Crippen LogP contribution is -2.49. The first-order valence-electron chi connectivity index (χ1n) is 6.82. The fourth-order valence-corrected chi connectivity index (χ4v) is 4.89. The van der Waals surface area contributed by atoms with Gasteiger partial charge < -0.3 is 9.22 Å². The van der Waals surface area contributed by atoms with Crippen LogP contribution in [0.4, 0.5) is 0 Å². The van der Waals surface area contributed by atoms with Gasteiger partial charge in [0.2, 0.25) is 8.32 Å². The van der Waals surface area contributed by atoms with E-state index in [9.17, 15) is 4.79 Å². The second-order valence-corrected chi connectivity index (χ2v) is 9.45. The van der Waals surface area contributed by atoms with Crippen molar-refractivity contribution in [3.63, 3.8) is 0 Å². The number of hydrogen-bond donors (Lipinski definition) is 0. The normalized spacial score (nSPS) is 24.8. The first-order valence-corrected chi connectivity index (χ1v) is 9.73. The Morgan fingerprint density at radius 2 is 1.83 bits per heavy atom.